The fraction of sp³-hybridized carbons (Fsp3) is 0.111. The highest BCUT2D eigenvalue weighted by molar-refractivity contribution is 5.80. The van der Waals surface area contributed by atoms with Crippen LogP contribution < -0.4 is 0 Å². The molecule has 0 aliphatic carbocycles. The summed E-state index contributed by atoms with van der Waals surface area (Å²) in [4.78, 5) is 0. The van der Waals surface area contributed by atoms with Gasteiger partial charge in [0.2, 0.25) is 0 Å². The molecule has 2 aromatic rings. The van der Waals surface area contributed by atoms with E-state index < -0.39 is 0 Å². The van der Waals surface area contributed by atoms with Crippen molar-refractivity contribution in [2.75, 3.05) is 0 Å². The largest absolute Gasteiger partial charge is 0.0990 e. The van der Waals surface area contributed by atoms with E-state index in [0.717, 1.165) is 0 Å². The summed E-state index contributed by atoms with van der Waals surface area (Å²) in [5.74, 6) is 0. The lowest BCUT2D eigenvalue weighted by Crippen LogP contribution is -1.86. The van der Waals surface area contributed by atoms with Gasteiger partial charge in [-0.2, -0.15) is 0 Å². The maximum atomic E-state index is 3.78. The van der Waals surface area contributed by atoms with Gasteiger partial charge >= 0.3 is 0 Å². The van der Waals surface area contributed by atoms with Crippen molar-refractivity contribution in [2.24, 2.45) is 0 Å². The van der Waals surface area contributed by atoms with E-state index in [9.17, 15) is 0 Å². The summed E-state index contributed by atoms with van der Waals surface area (Å²) in [5.41, 5.74) is 3.64. The standard InChI is InChI=1S/C16H14.C2H6/c1-2-9-16(14-10-5-3-6-11-14)15-12-7-4-8-13-15;1-2/h2-13H,1H2;1-2H3. The number of hydrogen-bond acceptors (Lipinski definition) is 0. The van der Waals surface area contributed by atoms with E-state index in [1.54, 1.807) is 0 Å². The number of allylic oxidation sites excluding steroid dienone is 2. The topological polar surface area (TPSA) is 0 Å². The summed E-state index contributed by atoms with van der Waals surface area (Å²) in [6.07, 6.45) is 3.88. The van der Waals surface area contributed by atoms with Crippen molar-refractivity contribution < 1.29 is 0 Å². The number of hydrogen-bond donors (Lipinski definition) is 0. The Morgan fingerprint density at radius 2 is 1.17 bits per heavy atom. The van der Waals surface area contributed by atoms with Crippen LogP contribution in [0.5, 0.6) is 0 Å². The van der Waals surface area contributed by atoms with Gasteiger partial charge in [0.15, 0.2) is 0 Å². The van der Waals surface area contributed by atoms with Gasteiger partial charge in [0.25, 0.3) is 0 Å². The van der Waals surface area contributed by atoms with E-state index in [0.29, 0.717) is 0 Å². The molecule has 0 atom stereocenters. The maximum Gasteiger partial charge on any atom is -0.0112 e. The van der Waals surface area contributed by atoms with Gasteiger partial charge < -0.3 is 0 Å². The van der Waals surface area contributed by atoms with Gasteiger partial charge in [-0.25, -0.2) is 0 Å². The van der Waals surface area contributed by atoms with Crippen molar-refractivity contribution in [3.8, 4) is 0 Å². The molecular formula is C18H20. The Balaban J connectivity index is 0.000000771. The second-order valence-electron chi connectivity index (χ2n) is 3.55. The Labute approximate surface area is 110 Å². The van der Waals surface area contributed by atoms with Crippen molar-refractivity contribution in [3.05, 3.63) is 90.5 Å². The number of rotatable bonds is 3. The van der Waals surface area contributed by atoms with Crippen molar-refractivity contribution in [1.29, 1.82) is 0 Å². The monoisotopic (exact) mass is 236 g/mol. The Kier molecular flexibility index (Phi) is 6.27. The summed E-state index contributed by atoms with van der Waals surface area (Å²) < 4.78 is 0. The zero-order valence-electron chi connectivity index (χ0n) is 11.1. The molecule has 0 heteroatoms. The Hall–Kier alpha value is -2.08. The lowest BCUT2D eigenvalue weighted by Gasteiger charge is -2.07. The third kappa shape index (κ3) is 3.74. The summed E-state index contributed by atoms with van der Waals surface area (Å²) >= 11 is 0. The predicted octanol–water partition coefficient (Wildman–Crippen LogP) is 5.33. The van der Waals surface area contributed by atoms with Crippen LogP contribution in [0.2, 0.25) is 0 Å². The minimum absolute atomic E-state index is 1.20. The van der Waals surface area contributed by atoms with Gasteiger partial charge in [0.1, 0.15) is 0 Å². The first-order valence-electron chi connectivity index (χ1n) is 6.35. The maximum absolute atomic E-state index is 3.78. The molecule has 92 valence electrons. The summed E-state index contributed by atoms with van der Waals surface area (Å²) in [6.45, 7) is 7.78. The second kappa shape index (κ2) is 8.08. The molecule has 0 aromatic heterocycles. The quantitative estimate of drug-likeness (QED) is 0.632. The molecule has 0 unspecified atom stereocenters. The highest BCUT2D eigenvalue weighted by Gasteiger charge is 2.01. The minimum Gasteiger partial charge on any atom is -0.0990 e. The summed E-state index contributed by atoms with van der Waals surface area (Å²) in [6, 6.07) is 20.7. The first-order chi connectivity index (χ1) is 8.92. The smallest absolute Gasteiger partial charge is 0.0112 e. The minimum atomic E-state index is 1.20. The molecule has 0 bridgehead atoms. The average molecular weight is 236 g/mol. The second-order valence-corrected chi connectivity index (χ2v) is 3.55. The van der Waals surface area contributed by atoms with E-state index >= 15 is 0 Å². The molecule has 2 rings (SSSR count). The van der Waals surface area contributed by atoms with Crippen molar-refractivity contribution >= 4 is 5.57 Å². The number of benzene rings is 2. The fourth-order valence-corrected chi connectivity index (χ4v) is 1.71. The van der Waals surface area contributed by atoms with Crippen molar-refractivity contribution in [1.82, 2.24) is 0 Å². The summed E-state index contributed by atoms with van der Waals surface area (Å²) in [7, 11) is 0. The van der Waals surface area contributed by atoms with E-state index in [4.69, 9.17) is 0 Å². The third-order valence-electron chi connectivity index (χ3n) is 2.45. The van der Waals surface area contributed by atoms with E-state index in [1.807, 2.05) is 38.1 Å². The molecule has 18 heavy (non-hydrogen) atoms. The fourth-order valence-electron chi connectivity index (χ4n) is 1.71. The van der Waals surface area contributed by atoms with Crippen LogP contribution in [-0.4, -0.2) is 0 Å². The van der Waals surface area contributed by atoms with E-state index in [-0.39, 0.29) is 0 Å². The van der Waals surface area contributed by atoms with Crippen LogP contribution in [0.1, 0.15) is 25.0 Å². The Morgan fingerprint density at radius 3 is 1.50 bits per heavy atom. The Morgan fingerprint density at radius 1 is 0.778 bits per heavy atom. The van der Waals surface area contributed by atoms with Crippen LogP contribution in [-0.2, 0) is 0 Å². The predicted molar refractivity (Wildman–Crippen MR) is 81.5 cm³/mol. The zero-order chi connectivity index (χ0) is 13.2. The van der Waals surface area contributed by atoms with Crippen LogP contribution in [0.3, 0.4) is 0 Å². The molecular weight excluding hydrogens is 216 g/mol. The molecule has 0 saturated heterocycles. The molecule has 0 saturated carbocycles. The van der Waals surface area contributed by atoms with E-state index in [2.05, 4.69) is 55.1 Å². The van der Waals surface area contributed by atoms with Crippen LogP contribution in [0.25, 0.3) is 5.57 Å². The molecule has 0 heterocycles. The van der Waals surface area contributed by atoms with Crippen LogP contribution >= 0.6 is 0 Å². The first kappa shape index (κ1) is 14.0. The van der Waals surface area contributed by atoms with Gasteiger partial charge in [-0.3, -0.25) is 0 Å². The molecule has 0 nitrogen and oxygen atoms in total. The van der Waals surface area contributed by atoms with Gasteiger partial charge in [-0.15, -0.1) is 0 Å². The lowest BCUT2D eigenvalue weighted by atomic mass is 9.98. The zero-order valence-corrected chi connectivity index (χ0v) is 11.1. The molecule has 0 N–H and O–H groups in total. The average Bonchev–Trinajstić information content (AvgIpc) is 2.49. The normalized spacial score (nSPS) is 8.78. The van der Waals surface area contributed by atoms with Crippen LogP contribution in [0.4, 0.5) is 0 Å². The molecule has 2 aromatic carbocycles. The molecule has 0 aliphatic heterocycles. The molecule has 0 fully saturated rings. The van der Waals surface area contributed by atoms with E-state index in [1.165, 1.54) is 16.7 Å². The van der Waals surface area contributed by atoms with Crippen molar-refractivity contribution in [3.63, 3.8) is 0 Å². The van der Waals surface area contributed by atoms with Gasteiger partial charge in [-0.1, -0.05) is 93.2 Å². The van der Waals surface area contributed by atoms with Crippen LogP contribution in [0, 0.1) is 0 Å². The molecule has 0 aliphatic rings. The molecule has 0 amide bonds. The van der Waals surface area contributed by atoms with Crippen molar-refractivity contribution in [2.45, 2.75) is 13.8 Å². The highest BCUT2D eigenvalue weighted by Crippen LogP contribution is 2.22. The third-order valence-corrected chi connectivity index (χ3v) is 2.45. The summed E-state index contributed by atoms with van der Waals surface area (Å²) in [5, 5.41) is 0. The SMILES string of the molecule is C=CC=C(c1ccccc1)c1ccccc1.CC. The molecule has 0 radical (unpaired) electrons. The lowest BCUT2D eigenvalue weighted by molar-refractivity contribution is 1.50. The highest BCUT2D eigenvalue weighted by atomic mass is 14.1. The van der Waals surface area contributed by atoms with Gasteiger partial charge in [0, 0.05) is 0 Å². The first-order valence-corrected chi connectivity index (χ1v) is 6.35. The van der Waals surface area contributed by atoms with Gasteiger partial charge in [-0.05, 0) is 16.7 Å². The molecule has 0 spiro atoms. The van der Waals surface area contributed by atoms with Crippen LogP contribution in [0.15, 0.2) is 79.4 Å². The van der Waals surface area contributed by atoms with Gasteiger partial charge in [0.05, 0.1) is 0 Å². The Bertz CT molecular complexity index is 436.